The molecule has 0 fully saturated rings. The molecule has 186 valence electrons. The molecule has 2 heterocycles. The lowest BCUT2D eigenvalue weighted by Crippen LogP contribution is -2.16. The third kappa shape index (κ3) is 5.21. The van der Waals surface area contributed by atoms with E-state index in [0.717, 1.165) is 5.69 Å². The molecule has 0 saturated carbocycles. The Morgan fingerprint density at radius 2 is 1.56 bits per heavy atom. The lowest BCUT2D eigenvalue weighted by atomic mass is 10.2. The highest BCUT2D eigenvalue weighted by molar-refractivity contribution is 6.34. The Morgan fingerprint density at radius 3 is 2.11 bits per heavy atom. The Balaban J connectivity index is 1.67. The van der Waals surface area contributed by atoms with Gasteiger partial charge in [-0.1, -0.05) is 29.8 Å². The molecule has 9 nitrogen and oxygen atoms in total. The monoisotopic (exact) mass is 508 g/mol. The van der Waals surface area contributed by atoms with Gasteiger partial charge in [0.05, 0.1) is 42.2 Å². The number of halogens is 1. The third-order valence-corrected chi connectivity index (χ3v) is 5.50. The van der Waals surface area contributed by atoms with Crippen molar-refractivity contribution in [1.29, 1.82) is 0 Å². The number of carbonyl (C=O) groups excluding carboxylic acids is 2. The molecule has 2 amide bonds. The lowest BCUT2D eigenvalue weighted by Gasteiger charge is -2.17. The van der Waals surface area contributed by atoms with Crippen LogP contribution in [0.25, 0.3) is 5.69 Å². The second-order valence-electron chi connectivity index (χ2n) is 7.59. The van der Waals surface area contributed by atoms with Gasteiger partial charge in [-0.25, -0.2) is 4.68 Å². The molecule has 0 aliphatic heterocycles. The summed E-state index contributed by atoms with van der Waals surface area (Å²) < 4.78 is 18.2. The number of benzene rings is 2. The summed E-state index contributed by atoms with van der Waals surface area (Å²) in [5, 5.41) is 10.2. The number of amides is 2. The van der Waals surface area contributed by atoms with Gasteiger partial charge in [-0.3, -0.25) is 9.59 Å². The summed E-state index contributed by atoms with van der Waals surface area (Å²) in [6.45, 7) is 6.00. The molecule has 0 spiro atoms. The minimum absolute atomic E-state index is 0.147. The number of nitrogens with zero attached hydrogens (tertiary/aromatic N) is 2. The van der Waals surface area contributed by atoms with Crippen LogP contribution in [-0.2, 0) is 0 Å². The molecule has 36 heavy (non-hydrogen) atoms. The number of ether oxygens (including phenoxy) is 2. The topological polar surface area (TPSA) is 108 Å². The van der Waals surface area contributed by atoms with E-state index in [1.54, 1.807) is 31.2 Å². The second kappa shape index (κ2) is 11.0. The van der Waals surface area contributed by atoms with Crippen LogP contribution in [0, 0.1) is 6.92 Å². The zero-order valence-electron chi connectivity index (χ0n) is 20.0. The fraction of sp³-hybridized carbons (Fsp3) is 0.192. The van der Waals surface area contributed by atoms with E-state index in [2.05, 4.69) is 15.7 Å². The van der Waals surface area contributed by atoms with E-state index in [0.29, 0.717) is 41.8 Å². The van der Waals surface area contributed by atoms with Crippen molar-refractivity contribution in [2.24, 2.45) is 0 Å². The number of hydrogen-bond acceptors (Lipinski definition) is 6. The average Bonchev–Trinajstić information content (AvgIpc) is 3.50. The molecule has 10 heteroatoms. The number of para-hydroxylation sites is 1. The van der Waals surface area contributed by atoms with E-state index >= 15 is 0 Å². The zero-order chi connectivity index (χ0) is 25.7. The average molecular weight is 509 g/mol. The number of rotatable bonds is 9. The molecule has 4 rings (SSSR count). The van der Waals surface area contributed by atoms with Gasteiger partial charge in [0.25, 0.3) is 11.8 Å². The second-order valence-corrected chi connectivity index (χ2v) is 7.95. The number of carbonyl (C=O) groups is 2. The van der Waals surface area contributed by atoms with Crippen LogP contribution in [0.4, 0.5) is 11.4 Å². The first kappa shape index (κ1) is 24.9. The van der Waals surface area contributed by atoms with Crippen molar-refractivity contribution in [2.75, 3.05) is 23.8 Å². The predicted octanol–water partition coefficient (Wildman–Crippen LogP) is 5.73. The summed E-state index contributed by atoms with van der Waals surface area (Å²) in [4.78, 5) is 25.9. The van der Waals surface area contributed by atoms with E-state index in [-0.39, 0.29) is 16.5 Å². The normalized spacial score (nSPS) is 10.7. The molecular weight excluding hydrogens is 484 g/mol. The predicted molar refractivity (Wildman–Crippen MR) is 137 cm³/mol. The van der Waals surface area contributed by atoms with Crippen molar-refractivity contribution in [3.05, 3.63) is 83.0 Å². The minimum atomic E-state index is -0.463. The maximum absolute atomic E-state index is 13.3. The van der Waals surface area contributed by atoms with Crippen molar-refractivity contribution in [3.63, 3.8) is 0 Å². The first-order valence-corrected chi connectivity index (χ1v) is 11.7. The molecular formula is C26H25ClN4O5. The van der Waals surface area contributed by atoms with E-state index in [1.807, 2.05) is 44.2 Å². The van der Waals surface area contributed by atoms with Crippen LogP contribution in [0.3, 0.4) is 0 Å². The highest BCUT2D eigenvalue weighted by atomic mass is 35.5. The molecule has 2 aromatic heterocycles. The fourth-order valence-corrected chi connectivity index (χ4v) is 3.94. The highest BCUT2D eigenvalue weighted by Gasteiger charge is 2.24. The van der Waals surface area contributed by atoms with Crippen molar-refractivity contribution in [1.82, 2.24) is 9.78 Å². The van der Waals surface area contributed by atoms with Gasteiger partial charge in [0.15, 0.2) is 5.76 Å². The van der Waals surface area contributed by atoms with Crippen molar-refractivity contribution in [3.8, 4) is 17.2 Å². The summed E-state index contributed by atoms with van der Waals surface area (Å²) >= 11 is 6.57. The maximum atomic E-state index is 13.3. The Kier molecular flexibility index (Phi) is 7.60. The molecule has 0 aliphatic carbocycles. The van der Waals surface area contributed by atoms with Crippen LogP contribution in [0.15, 0.2) is 65.3 Å². The van der Waals surface area contributed by atoms with Crippen LogP contribution >= 0.6 is 11.6 Å². The van der Waals surface area contributed by atoms with Gasteiger partial charge in [0.2, 0.25) is 0 Å². The van der Waals surface area contributed by atoms with E-state index in [9.17, 15) is 9.59 Å². The standard InChI is InChI=1S/C26H25ClN4O5/c1-4-34-21-15-19(22(35-5-2)14-18(21)28-25(32)20-12-9-13-36-20)29-26(33)23-16(3)30-31(24(23)27)17-10-7-6-8-11-17/h6-15H,4-5H2,1-3H3,(H,28,32)(H,29,33). The van der Waals surface area contributed by atoms with Crippen LogP contribution < -0.4 is 20.1 Å². The quantitative estimate of drug-likeness (QED) is 0.299. The first-order valence-electron chi connectivity index (χ1n) is 11.3. The van der Waals surface area contributed by atoms with E-state index in [1.165, 1.54) is 10.9 Å². The molecule has 0 aliphatic rings. The van der Waals surface area contributed by atoms with Gasteiger partial charge in [0.1, 0.15) is 22.2 Å². The summed E-state index contributed by atoms with van der Waals surface area (Å²) in [6.07, 6.45) is 1.41. The number of anilines is 2. The first-order chi connectivity index (χ1) is 17.4. The van der Waals surface area contributed by atoms with Gasteiger partial charge in [-0.2, -0.15) is 5.10 Å². The van der Waals surface area contributed by atoms with Gasteiger partial charge >= 0.3 is 0 Å². The summed E-state index contributed by atoms with van der Waals surface area (Å²) in [6, 6.07) is 15.6. The van der Waals surface area contributed by atoms with Gasteiger partial charge in [-0.15, -0.1) is 0 Å². The largest absolute Gasteiger partial charge is 0.492 e. The lowest BCUT2D eigenvalue weighted by molar-refractivity contribution is 0.0993. The Morgan fingerprint density at radius 1 is 0.944 bits per heavy atom. The highest BCUT2D eigenvalue weighted by Crippen LogP contribution is 2.38. The van der Waals surface area contributed by atoms with Crippen molar-refractivity contribution in [2.45, 2.75) is 20.8 Å². The van der Waals surface area contributed by atoms with Gasteiger partial charge in [-0.05, 0) is 45.0 Å². The molecule has 4 aromatic rings. The molecule has 2 N–H and O–H groups in total. The number of aromatic nitrogens is 2. The summed E-state index contributed by atoms with van der Waals surface area (Å²) in [5.41, 5.74) is 2.15. The Hall–Kier alpha value is -4.24. The maximum Gasteiger partial charge on any atom is 0.291 e. The fourth-order valence-electron chi connectivity index (χ4n) is 3.58. The molecule has 2 aromatic carbocycles. The SMILES string of the molecule is CCOc1cc(NC(=O)c2c(C)nn(-c3ccccc3)c2Cl)c(OCC)cc1NC(=O)c1ccco1. The number of furan rings is 1. The third-order valence-electron chi connectivity index (χ3n) is 5.15. The molecule has 0 saturated heterocycles. The van der Waals surface area contributed by atoms with Crippen molar-refractivity contribution < 1.29 is 23.5 Å². The van der Waals surface area contributed by atoms with Gasteiger partial charge < -0.3 is 24.5 Å². The zero-order valence-corrected chi connectivity index (χ0v) is 20.8. The smallest absolute Gasteiger partial charge is 0.291 e. The molecule has 0 unspecified atom stereocenters. The number of hydrogen-bond donors (Lipinski definition) is 2. The Labute approximate surface area is 213 Å². The Bertz CT molecular complexity index is 1370. The van der Waals surface area contributed by atoms with E-state index < -0.39 is 11.8 Å². The van der Waals surface area contributed by atoms with Gasteiger partial charge in [0, 0.05) is 12.1 Å². The molecule has 0 atom stereocenters. The summed E-state index contributed by atoms with van der Waals surface area (Å²) in [7, 11) is 0. The van der Waals surface area contributed by atoms with Crippen molar-refractivity contribution >= 4 is 34.8 Å². The van der Waals surface area contributed by atoms with E-state index in [4.69, 9.17) is 25.5 Å². The molecule has 0 radical (unpaired) electrons. The van der Waals surface area contributed by atoms with Crippen LogP contribution in [-0.4, -0.2) is 34.8 Å². The minimum Gasteiger partial charge on any atom is -0.492 e. The van der Waals surface area contributed by atoms with Crippen LogP contribution in [0.1, 0.15) is 40.5 Å². The number of nitrogens with one attached hydrogen (secondary N) is 2. The molecule has 0 bridgehead atoms. The van der Waals surface area contributed by atoms with Crippen LogP contribution in [0.2, 0.25) is 5.15 Å². The number of aryl methyl sites for hydroxylation is 1. The van der Waals surface area contributed by atoms with Crippen LogP contribution in [0.5, 0.6) is 11.5 Å². The summed E-state index contributed by atoms with van der Waals surface area (Å²) in [5.74, 6) is -0.0769.